The Morgan fingerprint density at radius 3 is 2.30 bits per heavy atom. The van der Waals surface area contributed by atoms with E-state index in [0.29, 0.717) is 38.0 Å². The van der Waals surface area contributed by atoms with Crippen LogP contribution in [-0.2, 0) is 5.41 Å². The molecule has 1 saturated heterocycles. The molecule has 1 aromatic heterocycles. The van der Waals surface area contributed by atoms with Gasteiger partial charge in [-0.1, -0.05) is 32.9 Å². The molecule has 0 aliphatic carbocycles. The minimum absolute atomic E-state index is 0.0909. The van der Waals surface area contributed by atoms with Crippen LogP contribution in [0.4, 0.5) is 11.5 Å². The van der Waals surface area contributed by atoms with Crippen molar-refractivity contribution in [1.29, 1.82) is 0 Å². The van der Waals surface area contributed by atoms with Crippen molar-refractivity contribution in [1.82, 2.24) is 15.4 Å². The first-order chi connectivity index (χ1) is 12.9. The van der Waals surface area contributed by atoms with Gasteiger partial charge in [-0.05, 0) is 35.2 Å². The molecule has 0 unspecified atom stereocenters. The number of aromatic hydroxyl groups is 1. The number of hydrogen-bond donors (Lipinski definition) is 3. The van der Waals surface area contributed by atoms with Crippen LogP contribution in [0.2, 0.25) is 0 Å². The van der Waals surface area contributed by atoms with Gasteiger partial charge in [0.1, 0.15) is 0 Å². The minimum Gasteiger partial charge on any atom is -0.504 e. The molecular weight excluding hydrogens is 342 g/mol. The average Bonchev–Trinajstić information content (AvgIpc) is 2.66. The van der Waals surface area contributed by atoms with Gasteiger partial charge in [0.2, 0.25) is 5.96 Å². The molecule has 1 aromatic carbocycles. The van der Waals surface area contributed by atoms with Gasteiger partial charge in [0.15, 0.2) is 11.6 Å². The van der Waals surface area contributed by atoms with Crippen LogP contribution in [0.1, 0.15) is 26.3 Å². The number of hydroxylamine groups is 1. The van der Waals surface area contributed by atoms with Crippen molar-refractivity contribution in [3.05, 3.63) is 48.2 Å². The summed E-state index contributed by atoms with van der Waals surface area (Å²) in [6.07, 6.45) is 1.67. The first-order valence-corrected chi connectivity index (χ1v) is 9.12. The molecular formula is C20H27N5O2. The maximum absolute atomic E-state index is 9.96. The second-order valence-corrected chi connectivity index (χ2v) is 7.66. The molecule has 0 radical (unpaired) electrons. The highest BCUT2D eigenvalue weighted by atomic mass is 16.5. The Morgan fingerprint density at radius 2 is 1.74 bits per heavy atom. The third-order valence-electron chi connectivity index (χ3n) is 4.71. The summed E-state index contributed by atoms with van der Waals surface area (Å²) in [5, 5.41) is 19.5. The van der Waals surface area contributed by atoms with E-state index in [1.807, 2.05) is 21.9 Å². The number of nitrogens with zero attached hydrogens (tertiary/aromatic N) is 4. The van der Waals surface area contributed by atoms with Crippen molar-refractivity contribution in [3.8, 4) is 5.75 Å². The zero-order chi connectivity index (χ0) is 19.4. The van der Waals surface area contributed by atoms with Crippen molar-refractivity contribution in [3.63, 3.8) is 0 Å². The molecule has 1 aliphatic heterocycles. The first-order valence-electron chi connectivity index (χ1n) is 9.12. The number of aliphatic imine (C=N–C) groups is 1. The van der Waals surface area contributed by atoms with Crippen LogP contribution in [0.15, 0.2) is 47.6 Å². The van der Waals surface area contributed by atoms with Crippen LogP contribution in [0, 0.1) is 0 Å². The number of anilines is 1. The lowest BCUT2D eigenvalue weighted by molar-refractivity contribution is 0.207. The van der Waals surface area contributed by atoms with Gasteiger partial charge in [0.25, 0.3) is 0 Å². The van der Waals surface area contributed by atoms with Crippen LogP contribution >= 0.6 is 0 Å². The quantitative estimate of drug-likeness (QED) is 0.429. The van der Waals surface area contributed by atoms with E-state index in [1.165, 1.54) is 5.56 Å². The van der Waals surface area contributed by atoms with Crippen LogP contribution in [0.3, 0.4) is 0 Å². The van der Waals surface area contributed by atoms with Crippen molar-refractivity contribution < 1.29 is 10.3 Å². The summed E-state index contributed by atoms with van der Waals surface area (Å²) in [6.45, 7) is 9.17. The van der Waals surface area contributed by atoms with Crippen LogP contribution in [-0.4, -0.2) is 52.3 Å². The van der Waals surface area contributed by atoms with E-state index in [-0.39, 0.29) is 11.2 Å². The number of pyridine rings is 1. The highest BCUT2D eigenvalue weighted by Gasteiger charge is 2.22. The number of benzene rings is 1. The predicted molar refractivity (Wildman–Crippen MR) is 107 cm³/mol. The molecule has 0 amide bonds. The summed E-state index contributed by atoms with van der Waals surface area (Å²) in [7, 11) is 0. The molecule has 27 heavy (non-hydrogen) atoms. The fourth-order valence-electron chi connectivity index (χ4n) is 3.09. The van der Waals surface area contributed by atoms with Crippen molar-refractivity contribution in [2.24, 2.45) is 4.99 Å². The summed E-state index contributed by atoms with van der Waals surface area (Å²) < 4.78 is 0. The molecule has 0 saturated carbocycles. The zero-order valence-corrected chi connectivity index (χ0v) is 16.1. The normalized spacial score (nSPS) is 15.8. The Hall–Kier alpha value is -2.80. The molecule has 1 aliphatic rings. The first kappa shape index (κ1) is 19.0. The van der Waals surface area contributed by atoms with E-state index < -0.39 is 0 Å². The highest BCUT2D eigenvalue weighted by Crippen LogP contribution is 2.26. The monoisotopic (exact) mass is 369 g/mol. The summed E-state index contributed by atoms with van der Waals surface area (Å²) in [6, 6.07) is 11.4. The van der Waals surface area contributed by atoms with Gasteiger partial charge in [-0.3, -0.25) is 5.21 Å². The fraction of sp³-hybridized carbons (Fsp3) is 0.400. The van der Waals surface area contributed by atoms with E-state index in [9.17, 15) is 10.3 Å². The number of guanidine groups is 1. The van der Waals surface area contributed by atoms with Crippen LogP contribution < -0.4 is 10.4 Å². The largest absolute Gasteiger partial charge is 0.504 e. The Balaban J connectivity index is 1.68. The minimum atomic E-state index is 0.0909. The molecule has 0 spiro atoms. The zero-order valence-electron chi connectivity index (χ0n) is 16.1. The third kappa shape index (κ3) is 4.49. The molecule has 2 heterocycles. The maximum Gasteiger partial charge on any atom is 0.223 e. The lowest BCUT2D eigenvalue weighted by Crippen LogP contribution is -2.52. The van der Waals surface area contributed by atoms with Crippen LogP contribution in [0.25, 0.3) is 0 Å². The smallest absolute Gasteiger partial charge is 0.223 e. The Morgan fingerprint density at radius 1 is 1.07 bits per heavy atom. The van der Waals surface area contributed by atoms with E-state index in [2.05, 4.69) is 48.4 Å². The summed E-state index contributed by atoms with van der Waals surface area (Å²) >= 11 is 0. The van der Waals surface area contributed by atoms with Crippen molar-refractivity contribution in [2.75, 3.05) is 31.1 Å². The van der Waals surface area contributed by atoms with Gasteiger partial charge in [-0.25, -0.2) is 15.5 Å². The van der Waals surface area contributed by atoms with Gasteiger partial charge >= 0.3 is 0 Å². The average molecular weight is 369 g/mol. The molecule has 2 aromatic rings. The molecule has 1 fully saturated rings. The number of aromatic nitrogens is 1. The van der Waals surface area contributed by atoms with Crippen molar-refractivity contribution >= 4 is 17.5 Å². The lowest BCUT2D eigenvalue weighted by atomic mass is 9.87. The highest BCUT2D eigenvalue weighted by molar-refractivity contribution is 5.82. The number of hydrogen-bond acceptors (Lipinski definition) is 5. The molecule has 0 atom stereocenters. The van der Waals surface area contributed by atoms with E-state index in [0.717, 1.165) is 5.69 Å². The fourth-order valence-corrected chi connectivity index (χ4v) is 3.09. The Kier molecular flexibility index (Phi) is 5.51. The Labute approximate surface area is 159 Å². The van der Waals surface area contributed by atoms with E-state index in [1.54, 1.807) is 18.3 Å². The summed E-state index contributed by atoms with van der Waals surface area (Å²) in [5.41, 5.74) is 4.34. The van der Waals surface area contributed by atoms with E-state index in [4.69, 9.17) is 0 Å². The summed E-state index contributed by atoms with van der Waals surface area (Å²) in [5.74, 6) is 1.19. The van der Waals surface area contributed by atoms with Gasteiger partial charge in [-0.15, -0.1) is 0 Å². The SMILES string of the molecule is CC(C)(C)c1ccc(N=C(NO)N2CCN(c3ncccc3O)CC2)cc1. The Bertz CT molecular complexity index is 791. The number of rotatable bonds is 2. The molecule has 3 rings (SSSR count). The molecule has 144 valence electrons. The standard InChI is InChI=1S/C20H27N5O2/c1-20(2,3)15-6-8-16(9-7-15)22-19(23-27)25-13-11-24(12-14-25)18-17(26)5-4-10-21-18/h4-10,26-27H,11-14H2,1-3H3,(H,22,23). The van der Waals surface area contributed by atoms with Gasteiger partial charge in [0, 0.05) is 32.4 Å². The molecule has 7 nitrogen and oxygen atoms in total. The number of piperazine rings is 1. The third-order valence-corrected chi connectivity index (χ3v) is 4.71. The second-order valence-electron chi connectivity index (χ2n) is 7.66. The van der Waals surface area contributed by atoms with Crippen molar-refractivity contribution in [2.45, 2.75) is 26.2 Å². The molecule has 3 N–H and O–H groups in total. The van der Waals surface area contributed by atoms with E-state index >= 15 is 0 Å². The summed E-state index contributed by atoms with van der Waals surface area (Å²) in [4.78, 5) is 12.8. The lowest BCUT2D eigenvalue weighted by Gasteiger charge is -2.36. The molecule has 0 bridgehead atoms. The predicted octanol–water partition coefficient (Wildman–Crippen LogP) is 2.87. The van der Waals surface area contributed by atoms with Gasteiger partial charge in [0.05, 0.1) is 5.69 Å². The topological polar surface area (TPSA) is 84.2 Å². The van der Waals surface area contributed by atoms with Crippen LogP contribution in [0.5, 0.6) is 5.75 Å². The maximum atomic E-state index is 9.96. The molecule has 7 heteroatoms. The number of nitrogens with one attached hydrogen (secondary N) is 1. The van der Waals surface area contributed by atoms with Gasteiger partial charge in [-0.2, -0.15) is 0 Å². The second kappa shape index (κ2) is 7.84. The van der Waals surface area contributed by atoms with Gasteiger partial charge < -0.3 is 14.9 Å².